The molecule has 1 fully saturated rings. The summed E-state index contributed by atoms with van der Waals surface area (Å²) in [5, 5.41) is 15.5. The Bertz CT molecular complexity index is 327. The van der Waals surface area contributed by atoms with Crippen molar-refractivity contribution in [1.29, 1.82) is 0 Å². The van der Waals surface area contributed by atoms with Crippen LogP contribution in [0.2, 0.25) is 0 Å². The van der Waals surface area contributed by atoms with Gasteiger partial charge in [0.25, 0.3) is 0 Å². The molecule has 0 saturated heterocycles. The molecule has 96 valence electrons. The number of hydrogen-bond donors (Lipinski definition) is 1. The molecule has 1 aromatic heterocycles. The maximum Gasteiger partial charge on any atom is 0.188 e. The van der Waals surface area contributed by atoms with Gasteiger partial charge in [-0.15, -0.1) is 10.2 Å². The second-order valence-corrected chi connectivity index (χ2v) is 5.12. The fourth-order valence-electron chi connectivity index (χ4n) is 2.62. The number of hydrogen-bond acceptors (Lipinski definition) is 4. The van der Waals surface area contributed by atoms with Gasteiger partial charge in [-0.2, -0.15) is 4.80 Å². The number of rotatable bonds is 4. The van der Waals surface area contributed by atoms with E-state index in [4.69, 9.17) is 0 Å². The van der Waals surface area contributed by atoms with Crippen LogP contribution in [0.3, 0.4) is 0 Å². The van der Waals surface area contributed by atoms with Gasteiger partial charge in [0.1, 0.15) is 0 Å². The summed E-state index contributed by atoms with van der Waals surface area (Å²) < 4.78 is 0. The fraction of sp³-hybridized carbons (Fsp3) is 0.917. The van der Waals surface area contributed by atoms with Crippen LogP contribution in [0.15, 0.2) is 0 Å². The highest BCUT2D eigenvalue weighted by Gasteiger charge is 2.18. The van der Waals surface area contributed by atoms with Crippen molar-refractivity contribution in [1.82, 2.24) is 25.5 Å². The summed E-state index contributed by atoms with van der Waals surface area (Å²) in [4.78, 5) is 1.51. The van der Waals surface area contributed by atoms with Crippen LogP contribution in [0.4, 0.5) is 0 Å². The van der Waals surface area contributed by atoms with E-state index in [1.54, 1.807) is 7.05 Å². The first-order valence-corrected chi connectivity index (χ1v) is 6.72. The molecule has 1 aliphatic rings. The smallest absolute Gasteiger partial charge is 0.188 e. The Hall–Kier alpha value is -0.970. The molecule has 5 heteroatoms. The summed E-state index contributed by atoms with van der Waals surface area (Å²) >= 11 is 0. The molecule has 17 heavy (non-hydrogen) atoms. The number of tetrazole rings is 1. The van der Waals surface area contributed by atoms with E-state index in [9.17, 15) is 0 Å². The van der Waals surface area contributed by atoms with Gasteiger partial charge in [-0.1, -0.05) is 25.7 Å². The Labute approximate surface area is 103 Å². The van der Waals surface area contributed by atoms with Gasteiger partial charge in [0, 0.05) is 6.04 Å². The summed E-state index contributed by atoms with van der Waals surface area (Å²) in [5.74, 6) is 1.60. The third kappa shape index (κ3) is 3.77. The summed E-state index contributed by atoms with van der Waals surface area (Å²) in [6, 6.07) is 0.553. The largest absolute Gasteiger partial charge is 0.307 e. The van der Waals surface area contributed by atoms with Crippen LogP contribution in [-0.4, -0.2) is 26.2 Å². The van der Waals surface area contributed by atoms with E-state index in [1.807, 2.05) is 0 Å². The minimum absolute atomic E-state index is 0.553. The second kappa shape index (κ2) is 6.10. The molecule has 1 N–H and O–H groups in total. The van der Waals surface area contributed by atoms with Crippen LogP contribution in [0.25, 0.3) is 0 Å². The Morgan fingerprint density at radius 2 is 2.00 bits per heavy atom. The highest BCUT2D eigenvalue weighted by atomic mass is 15.6. The second-order valence-electron chi connectivity index (χ2n) is 5.12. The predicted molar refractivity (Wildman–Crippen MR) is 66.3 cm³/mol. The van der Waals surface area contributed by atoms with Crippen molar-refractivity contribution in [3.63, 3.8) is 0 Å². The van der Waals surface area contributed by atoms with Crippen LogP contribution in [0, 0.1) is 5.92 Å². The normalized spacial score (nSPS) is 20.1. The molecule has 1 heterocycles. The molecule has 0 aromatic carbocycles. The molecule has 1 aromatic rings. The third-order valence-electron chi connectivity index (χ3n) is 3.74. The Kier molecular flexibility index (Phi) is 4.48. The van der Waals surface area contributed by atoms with Gasteiger partial charge in [0.2, 0.25) is 0 Å². The zero-order valence-corrected chi connectivity index (χ0v) is 10.9. The molecule has 5 nitrogen and oxygen atoms in total. The minimum atomic E-state index is 0.553. The first-order chi connectivity index (χ1) is 8.25. The quantitative estimate of drug-likeness (QED) is 0.809. The van der Waals surface area contributed by atoms with E-state index in [1.165, 1.54) is 43.3 Å². The summed E-state index contributed by atoms with van der Waals surface area (Å²) in [6.07, 6.45) is 8.33. The van der Waals surface area contributed by atoms with Gasteiger partial charge in [-0.3, -0.25) is 0 Å². The summed E-state index contributed by atoms with van der Waals surface area (Å²) in [6.45, 7) is 3.01. The molecule has 1 atom stereocenters. The van der Waals surface area contributed by atoms with Gasteiger partial charge < -0.3 is 5.32 Å². The Morgan fingerprint density at radius 1 is 1.29 bits per heavy atom. The highest BCUT2D eigenvalue weighted by Crippen LogP contribution is 2.25. The summed E-state index contributed by atoms with van der Waals surface area (Å²) in [5.41, 5.74) is 0. The lowest BCUT2D eigenvalue weighted by molar-refractivity contribution is 0.334. The van der Waals surface area contributed by atoms with Crippen LogP contribution in [-0.2, 0) is 13.6 Å². The molecular weight excluding hydrogens is 214 g/mol. The van der Waals surface area contributed by atoms with E-state index < -0.39 is 0 Å². The molecule has 1 saturated carbocycles. The Balaban J connectivity index is 1.77. The molecule has 0 bridgehead atoms. The first-order valence-electron chi connectivity index (χ1n) is 6.72. The molecule has 1 aliphatic carbocycles. The van der Waals surface area contributed by atoms with Gasteiger partial charge in [-0.05, 0) is 30.9 Å². The monoisotopic (exact) mass is 237 g/mol. The van der Waals surface area contributed by atoms with Crippen LogP contribution >= 0.6 is 0 Å². The van der Waals surface area contributed by atoms with Crippen molar-refractivity contribution in [2.45, 2.75) is 58.0 Å². The van der Waals surface area contributed by atoms with Gasteiger partial charge >= 0.3 is 0 Å². The lowest BCUT2D eigenvalue weighted by atomic mass is 9.93. The Morgan fingerprint density at radius 3 is 2.59 bits per heavy atom. The molecule has 0 spiro atoms. The summed E-state index contributed by atoms with van der Waals surface area (Å²) in [7, 11) is 1.80. The van der Waals surface area contributed by atoms with Gasteiger partial charge in [-0.25, -0.2) is 0 Å². The lowest BCUT2D eigenvalue weighted by Gasteiger charge is -2.22. The van der Waals surface area contributed by atoms with E-state index in [2.05, 4.69) is 27.7 Å². The molecule has 0 aliphatic heterocycles. The first kappa shape index (κ1) is 12.5. The zero-order valence-electron chi connectivity index (χ0n) is 10.9. The van der Waals surface area contributed by atoms with E-state index >= 15 is 0 Å². The van der Waals surface area contributed by atoms with Gasteiger partial charge in [0.05, 0.1) is 13.6 Å². The van der Waals surface area contributed by atoms with Crippen molar-refractivity contribution < 1.29 is 0 Å². The maximum atomic E-state index is 4.18. The number of nitrogens with one attached hydrogen (secondary N) is 1. The van der Waals surface area contributed by atoms with Crippen molar-refractivity contribution in [3.8, 4) is 0 Å². The molecular formula is C12H23N5. The maximum absolute atomic E-state index is 4.18. The van der Waals surface area contributed by atoms with Crippen molar-refractivity contribution >= 4 is 0 Å². The SMILES string of the molecule is C[C@H](NCc1nnn(C)n1)C1CCCCCC1. The average molecular weight is 237 g/mol. The van der Waals surface area contributed by atoms with Gasteiger partial charge in [0.15, 0.2) is 5.82 Å². The van der Waals surface area contributed by atoms with Crippen molar-refractivity contribution in [2.75, 3.05) is 0 Å². The third-order valence-corrected chi connectivity index (χ3v) is 3.74. The topological polar surface area (TPSA) is 55.6 Å². The highest BCUT2D eigenvalue weighted by molar-refractivity contribution is 4.80. The van der Waals surface area contributed by atoms with Crippen LogP contribution in [0.5, 0.6) is 0 Å². The molecule has 2 rings (SSSR count). The zero-order chi connectivity index (χ0) is 12.1. The number of nitrogens with zero attached hydrogens (tertiary/aromatic N) is 4. The van der Waals surface area contributed by atoms with Crippen molar-refractivity contribution in [2.24, 2.45) is 13.0 Å². The van der Waals surface area contributed by atoms with E-state index in [0.717, 1.165) is 18.3 Å². The molecule has 0 amide bonds. The predicted octanol–water partition coefficient (Wildman–Crippen LogP) is 1.66. The van der Waals surface area contributed by atoms with E-state index in [0.29, 0.717) is 6.04 Å². The average Bonchev–Trinajstić information content (AvgIpc) is 2.58. The standard InChI is InChI=1S/C12H23N5/c1-10(11-7-5-3-4-6-8-11)13-9-12-14-16-17(2)15-12/h10-11,13H,3-9H2,1-2H3/t10-/m0/s1. The number of aromatic nitrogens is 4. The van der Waals surface area contributed by atoms with Crippen molar-refractivity contribution in [3.05, 3.63) is 5.82 Å². The molecule has 0 unspecified atom stereocenters. The lowest BCUT2D eigenvalue weighted by Crippen LogP contribution is -2.33. The fourth-order valence-corrected chi connectivity index (χ4v) is 2.62. The number of aryl methyl sites for hydroxylation is 1. The van der Waals surface area contributed by atoms with Crippen LogP contribution < -0.4 is 5.32 Å². The molecule has 0 radical (unpaired) electrons. The van der Waals surface area contributed by atoms with E-state index in [-0.39, 0.29) is 0 Å². The minimum Gasteiger partial charge on any atom is -0.307 e. The van der Waals surface area contributed by atoms with Crippen LogP contribution in [0.1, 0.15) is 51.3 Å².